The van der Waals surface area contributed by atoms with Gasteiger partial charge in [-0.2, -0.15) is 84.9 Å². The minimum absolute atomic E-state index is 0. The smallest absolute Gasteiger partial charge is 0.135 e. The number of hydrogen-bond acceptors (Lipinski definition) is 6. The molecule has 14 aromatic rings. The van der Waals surface area contributed by atoms with Crippen molar-refractivity contribution in [3.8, 4) is 11.6 Å². The quantitative estimate of drug-likeness (QED) is 0.100. The maximum atomic E-state index is 5.24. The van der Waals surface area contributed by atoms with Crippen LogP contribution in [0.25, 0.3) is 55.2 Å². The summed E-state index contributed by atoms with van der Waals surface area (Å²) in [6, 6.07) is 98.0. The van der Waals surface area contributed by atoms with Crippen LogP contribution in [0.2, 0.25) is 0 Å². The molecule has 2 aliphatic heterocycles. The van der Waals surface area contributed by atoms with Gasteiger partial charge in [0, 0.05) is 99.7 Å². The molecule has 0 saturated heterocycles. The van der Waals surface area contributed by atoms with Crippen LogP contribution in [-0.4, -0.2) is 19.1 Å². The molecule has 0 saturated carbocycles. The van der Waals surface area contributed by atoms with E-state index < -0.39 is 5.41 Å². The number of aromatic nitrogens is 4. The Bertz CT molecular complexity index is 5330. The topological polar surface area (TPSA) is 48.6 Å². The van der Waals surface area contributed by atoms with Crippen molar-refractivity contribution in [3.05, 3.63) is 324 Å². The summed E-state index contributed by atoms with van der Waals surface area (Å²) in [4.78, 5) is 19.9. The van der Waals surface area contributed by atoms with Crippen LogP contribution < -0.4 is 19.6 Å². The minimum atomic E-state index is -1.29. The van der Waals surface area contributed by atoms with Crippen LogP contribution in [0.3, 0.4) is 0 Å². The monoisotopic (exact) mass is 1760 g/mol. The summed E-state index contributed by atoms with van der Waals surface area (Å²) in [5.41, 5.74) is 21.1. The van der Waals surface area contributed by atoms with Crippen molar-refractivity contribution in [1.82, 2.24) is 19.1 Å². The number of anilines is 8. The van der Waals surface area contributed by atoms with Crippen molar-refractivity contribution in [2.75, 3.05) is 19.6 Å². The molecule has 16 rings (SSSR count). The van der Waals surface area contributed by atoms with Gasteiger partial charge in [-0.05, 0) is 167 Å². The minimum Gasteiger partial charge on any atom is -0.493 e. The Morgan fingerprint density at radius 2 is 0.598 bits per heavy atom. The first kappa shape index (κ1) is 74.5. The summed E-state index contributed by atoms with van der Waals surface area (Å²) < 4.78 is 4.64. The summed E-state index contributed by atoms with van der Waals surface area (Å²) in [7, 11) is 0. The van der Waals surface area contributed by atoms with Gasteiger partial charge in [0.05, 0.1) is 0 Å². The third kappa shape index (κ3) is 13.2. The van der Waals surface area contributed by atoms with Crippen molar-refractivity contribution in [2.45, 2.75) is 163 Å². The molecule has 0 N–H and O–H groups in total. The molecule has 0 unspecified atom stereocenters. The molecule has 548 valence electrons. The molecule has 2 aliphatic rings. The van der Waals surface area contributed by atoms with Crippen LogP contribution in [0.5, 0.6) is 0 Å². The van der Waals surface area contributed by atoms with E-state index in [2.05, 4.69) is 409 Å². The van der Waals surface area contributed by atoms with Crippen LogP contribution >= 0.6 is 0 Å². The van der Waals surface area contributed by atoms with Gasteiger partial charge in [-0.3, -0.25) is 0 Å². The van der Waals surface area contributed by atoms with E-state index >= 15 is 0 Å². The van der Waals surface area contributed by atoms with Gasteiger partial charge >= 0.3 is 0 Å². The second kappa shape index (κ2) is 27.1. The zero-order valence-electron chi connectivity index (χ0n) is 64.8. The van der Waals surface area contributed by atoms with Crippen LogP contribution in [0.15, 0.2) is 231 Å². The summed E-state index contributed by atoms with van der Waals surface area (Å²) in [6.07, 6.45) is 3.92. The average Bonchev–Trinajstić information content (AvgIpc) is 1.69. The fourth-order valence-corrected chi connectivity index (χ4v) is 15.5. The van der Waals surface area contributed by atoms with Crippen molar-refractivity contribution < 1.29 is 42.1 Å². The second-order valence-electron chi connectivity index (χ2n) is 35.2. The normalized spacial score (nSPS) is 13.8. The average molecular weight is 1760 g/mol. The van der Waals surface area contributed by atoms with E-state index in [9.17, 15) is 0 Å². The maximum absolute atomic E-state index is 5.24. The SMILES string of the molecule is CC(C)(C)c1cc(N2[CH-]N(c3[c-]c(C(c4[c-]c(N5[CH-]N(c6cc(C(C)(C)C)cc(C(C)(C)C)c6)c6ccccc65)ccc4)(c4[c-]c5c(cc4)c4ccccc4n5-c4cc(C(C)(C)C)ccn4)c4[c-]c5c(cc4)c4ccccc4n5-c4cc(C(C)(C)C)ccn4)ccc3)c3ccccc32)cc(C(C)(C)C)c1.[Pt].[Pt]. The molecule has 8 nitrogen and oxygen atoms in total. The Balaban J connectivity index is 0.00000480. The van der Waals surface area contributed by atoms with E-state index in [0.29, 0.717) is 0 Å². The van der Waals surface area contributed by atoms with E-state index in [-0.39, 0.29) is 74.6 Å². The summed E-state index contributed by atoms with van der Waals surface area (Å²) >= 11 is 0. The van der Waals surface area contributed by atoms with Gasteiger partial charge in [0.25, 0.3) is 0 Å². The van der Waals surface area contributed by atoms with Crippen molar-refractivity contribution >= 4 is 89.1 Å². The summed E-state index contributed by atoms with van der Waals surface area (Å²) in [6.45, 7) is 45.9. The number of hydrogen-bond donors (Lipinski definition) is 0. The maximum Gasteiger partial charge on any atom is 0.135 e. The number of nitrogens with zero attached hydrogens (tertiary/aromatic N) is 8. The van der Waals surface area contributed by atoms with Crippen molar-refractivity contribution in [1.29, 1.82) is 0 Å². The molecule has 0 spiro atoms. The summed E-state index contributed by atoms with van der Waals surface area (Å²) in [5, 5.41) is 4.35. The Morgan fingerprint density at radius 1 is 0.280 bits per heavy atom. The number of rotatable bonds is 10. The van der Waals surface area contributed by atoms with Gasteiger partial charge in [0.15, 0.2) is 0 Å². The second-order valence-corrected chi connectivity index (χ2v) is 35.2. The van der Waals surface area contributed by atoms with Gasteiger partial charge < -0.3 is 28.7 Å². The first-order valence-corrected chi connectivity index (χ1v) is 37.1. The fraction of sp³-hybridized carbons (Fsp3) is 0.258. The molecule has 0 atom stereocenters. The first-order chi connectivity index (χ1) is 49.8. The molecule has 107 heavy (non-hydrogen) atoms. The van der Waals surface area contributed by atoms with E-state index in [1.807, 2.05) is 12.4 Å². The Morgan fingerprint density at radius 3 is 0.944 bits per heavy atom. The number of fused-ring (bicyclic) bond motifs is 8. The zero-order chi connectivity index (χ0) is 73.7. The molecule has 0 aliphatic carbocycles. The van der Waals surface area contributed by atoms with Crippen LogP contribution in [0.1, 0.15) is 180 Å². The molecular weight excluding hydrogens is 1670 g/mol. The van der Waals surface area contributed by atoms with Crippen LogP contribution in [0.4, 0.5) is 45.5 Å². The zero-order valence-corrected chi connectivity index (χ0v) is 69.3. The fourth-order valence-electron chi connectivity index (χ4n) is 15.5. The van der Waals surface area contributed by atoms with Gasteiger partial charge in [-0.15, -0.1) is 57.7 Å². The third-order valence-electron chi connectivity index (χ3n) is 21.7. The number of pyridine rings is 2. The summed E-state index contributed by atoms with van der Waals surface area (Å²) in [5.74, 6) is 1.64. The van der Waals surface area contributed by atoms with E-state index in [1.165, 1.54) is 33.4 Å². The molecule has 4 aromatic heterocycles. The standard InChI is InChI=1S/C97H94N8.2Pt/c1-91(2,3)63-45-47-98-89(59-63)104-81-35-21-19-33-77(81)79-43-41-67(57-87(79)104)97(68-42-44-80-78-34-20-22-36-82(78)105(88(80)58-68)90-60-64(46-48-99-90)92(4,5)6,65-29-27-31-73(51-65)100-61-102(85-39-25-23-37-83(85)100)75-53-69(93(7,8)9)49-70(54-75)94(10,11)12)66-30-28-32-74(52-66)101-62-103(86-40-26-24-38-84(86)101)76-55-71(95(13,14)15)50-72(56-76)96(16,17)18;;/h19-50,53-56,59-62H,1-18H3;;/q-6;;. The molecular formula is C97H94N8Pt2-6. The molecule has 0 amide bonds. The van der Waals surface area contributed by atoms with Crippen molar-refractivity contribution in [3.63, 3.8) is 0 Å². The predicted octanol–water partition coefficient (Wildman–Crippen LogP) is 24.9. The molecule has 10 heteroatoms. The van der Waals surface area contributed by atoms with Gasteiger partial charge in [0.2, 0.25) is 0 Å². The Kier molecular flexibility index (Phi) is 18.9. The molecule has 10 aromatic carbocycles. The Labute approximate surface area is 663 Å². The molecule has 0 radical (unpaired) electrons. The molecule has 0 bridgehead atoms. The van der Waals surface area contributed by atoms with Gasteiger partial charge in [-0.25, -0.2) is 9.97 Å². The van der Waals surface area contributed by atoms with Crippen LogP contribution in [0, 0.1) is 37.6 Å². The van der Waals surface area contributed by atoms with Crippen molar-refractivity contribution in [2.24, 2.45) is 0 Å². The van der Waals surface area contributed by atoms with Crippen LogP contribution in [-0.2, 0) is 80.0 Å². The Hall–Kier alpha value is -9.32. The largest absolute Gasteiger partial charge is 0.493 e. The third-order valence-corrected chi connectivity index (χ3v) is 21.7. The van der Waals surface area contributed by atoms with E-state index in [4.69, 9.17) is 9.97 Å². The van der Waals surface area contributed by atoms with E-state index in [1.54, 1.807) is 0 Å². The predicted molar refractivity (Wildman–Crippen MR) is 439 cm³/mol. The molecule has 0 fully saturated rings. The number of benzene rings is 10. The van der Waals surface area contributed by atoms with Gasteiger partial charge in [0.1, 0.15) is 11.6 Å². The number of para-hydroxylation sites is 6. The first-order valence-electron chi connectivity index (χ1n) is 37.1. The van der Waals surface area contributed by atoms with E-state index in [0.717, 1.165) is 123 Å². The van der Waals surface area contributed by atoms with Gasteiger partial charge in [-0.1, -0.05) is 208 Å². The molecule has 6 heterocycles.